The molecule has 0 amide bonds. The largest absolute Gasteiger partial charge is 0.462 e. The van der Waals surface area contributed by atoms with E-state index in [1.807, 2.05) is 24.3 Å². The predicted octanol–water partition coefficient (Wildman–Crippen LogP) is 3.96. The van der Waals surface area contributed by atoms with Crippen LogP contribution in [0.1, 0.15) is 33.1 Å². The highest BCUT2D eigenvalue weighted by molar-refractivity contribution is 5.87. The second-order valence-corrected chi connectivity index (χ2v) is 5.17. The van der Waals surface area contributed by atoms with Crippen LogP contribution < -0.4 is 0 Å². The number of carbonyl (C=O) groups excluding carboxylic acids is 1. The summed E-state index contributed by atoms with van der Waals surface area (Å²) in [6.45, 7) is 7.33. The Morgan fingerprint density at radius 2 is 2.15 bits per heavy atom. The van der Waals surface area contributed by atoms with Crippen LogP contribution in [0.15, 0.2) is 59.6 Å². The molecule has 0 saturated heterocycles. The number of esters is 1. The van der Waals surface area contributed by atoms with Gasteiger partial charge in [-0.25, -0.2) is 4.79 Å². The van der Waals surface area contributed by atoms with Crippen molar-refractivity contribution < 1.29 is 14.3 Å². The molecule has 1 unspecified atom stereocenters. The number of hydrogen-bond donors (Lipinski definition) is 0. The van der Waals surface area contributed by atoms with E-state index in [0.29, 0.717) is 12.0 Å². The Morgan fingerprint density at radius 1 is 1.35 bits per heavy atom. The standard InChI is InChI=1S/C17H20O3/c1-12(2)17(18)20-16-10-8-15(9-11-16)19-14-6-4-13(3)5-7-14/h4,6,8-10,16H,1,5,7,11H2,2-3H3. The minimum atomic E-state index is -0.354. The van der Waals surface area contributed by atoms with Crippen molar-refractivity contribution in [1.82, 2.24) is 0 Å². The number of hydrogen-bond acceptors (Lipinski definition) is 3. The zero-order valence-corrected chi connectivity index (χ0v) is 12.0. The van der Waals surface area contributed by atoms with Gasteiger partial charge in [-0.2, -0.15) is 0 Å². The van der Waals surface area contributed by atoms with Gasteiger partial charge in [-0.3, -0.25) is 0 Å². The fraction of sp³-hybridized carbons (Fsp3) is 0.353. The van der Waals surface area contributed by atoms with Gasteiger partial charge < -0.3 is 9.47 Å². The Balaban J connectivity index is 1.86. The molecule has 0 aromatic rings. The lowest BCUT2D eigenvalue weighted by Gasteiger charge is -2.19. The van der Waals surface area contributed by atoms with Crippen LogP contribution in [0.4, 0.5) is 0 Å². The van der Waals surface area contributed by atoms with Crippen LogP contribution in [0.2, 0.25) is 0 Å². The predicted molar refractivity (Wildman–Crippen MR) is 78.7 cm³/mol. The summed E-state index contributed by atoms with van der Waals surface area (Å²) in [6.07, 6.45) is 12.1. The van der Waals surface area contributed by atoms with Gasteiger partial charge >= 0.3 is 5.97 Å². The first kappa shape index (κ1) is 14.4. The molecule has 0 heterocycles. The van der Waals surface area contributed by atoms with E-state index in [4.69, 9.17) is 9.47 Å². The quantitative estimate of drug-likeness (QED) is 0.574. The Labute approximate surface area is 120 Å². The number of carbonyl (C=O) groups is 1. The first-order valence-corrected chi connectivity index (χ1v) is 6.83. The van der Waals surface area contributed by atoms with Crippen LogP contribution >= 0.6 is 0 Å². The number of ether oxygens (including phenoxy) is 2. The average Bonchev–Trinajstić information content (AvgIpc) is 2.43. The summed E-state index contributed by atoms with van der Waals surface area (Å²) in [5, 5.41) is 0. The topological polar surface area (TPSA) is 35.5 Å². The van der Waals surface area contributed by atoms with Crippen molar-refractivity contribution in [2.24, 2.45) is 0 Å². The Morgan fingerprint density at radius 3 is 2.70 bits per heavy atom. The summed E-state index contributed by atoms with van der Waals surface area (Å²) in [5.74, 6) is 1.43. The van der Waals surface area contributed by atoms with Gasteiger partial charge in [-0.05, 0) is 44.6 Å². The van der Waals surface area contributed by atoms with E-state index in [-0.39, 0.29) is 12.1 Å². The molecule has 2 aliphatic carbocycles. The maximum atomic E-state index is 11.4. The lowest BCUT2D eigenvalue weighted by Crippen LogP contribution is -2.17. The first-order chi connectivity index (χ1) is 9.54. The van der Waals surface area contributed by atoms with E-state index in [0.717, 1.165) is 24.4 Å². The second-order valence-electron chi connectivity index (χ2n) is 5.17. The average molecular weight is 272 g/mol. The molecule has 20 heavy (non-hydrogen) atoms. The van der Waals surface area contributed by atoms with Crippen LogP contribution in [0, 0.1) is 0 Å². The van der Waals surface area contributed by atoms with E-state index in [1.54, 1.807) is 6.92 Å². The molecule has 0 bridgehead atoms. The molecule has 0 aromatic heterocycles. The molecule has 0 N–H and O–H groups in total. The molecule has 0 fully saturated rings. The van der Waals surface area contributed by atoms with Gasteiger partial charge in [0.15, 0.2) is 0 Å². The summed E-state index contributed by atoms with van der Waals surface area (Å²) < 4.78 is 11.1. The molecule has 0 aromatic carbocycles. The molecular formula is C17H20O3. The molecule has 2 rings (SSSR count). The van der Waals surface area contributed by atoms with E-state index >= 15 is 0 Å². The number of rotatable bonds is 4. The Hall–Kier alpha value is -2.03. The van der Waals surface area contributed by atoms with E-state index in [2.05, 4.69) is 19.6 Å². The summed E-state index contributed by atoms with van der Waals surface area (Å²) >= 11 is 0. The molecule has 1 atom stereocenters. The van der Waals surface area contributed by atoms with Crippen molar-refractivity contribution >= 4 is 5.97 Å². The molecule has 0 spiro atoms. The summed E-state index contributed by atoms with van der Waals surface area (Å²) in [6, 6.07) is 0. The highest BCUT2D eigenvalue weighted by Gasteiger charge is 2.15. The van der Waals surface area contributed by atoms with Crippen LogP contribution in [0.3, 0.4) is 0 Å². The molecule has 2 aliphatic rings. The van der Waals surface area contributed by atoms with E-state index in [9.17, 15) is 4.79 Å². The highest BCUT2D eigenvalue weighted by Crippen LogP contribution is 2.23. The fourth-order valence-corrected chi connectivity index (χ4v) is 1.94. The van der Waals surface area contributed by atoms with Crippen molar-refractivity contribution in [3.63, 3.8) is 0 Å². The maximum Gasteiger partial charge on any atom is 0.333 e. The summed E-state index contributed by atoms with van der Waals surface area (Å²) in [5.41, 5.74) is 1.79. The highest BCUT2D eigenvalue weighted by atomic mass is 16.5. The third-order valence-corrected chi connectivity index (χ3v) is 3.20. The third-order valence-electron chi connectivity index (χ3n) is 3.20. The molecule has 3 heteroatoms. The lowest BCUT2D eigenvalue weighted by atomic mass is 10.1. The van der Waals surface area contributed by atoms with Gasteiger partial charge in [0.1, 0.15) is 17.6 Å². The van der Waals surface area contributed by atoms with Gasteiger partial charge in [-0.15, -0.1) is 0 Å². The summed E-state index contributed by atoms with van der Waals surface area (Å²) in [7, 11) is 0. The van der Waals surface area contributed by atoms with Crippen LogP contribution in [-0.4, -0.2) is 12.1 Å². The Bertz CT molecular complexity index is 532. The van der Waals surface area contributed by atoms with Crippen molar-refractivity contribution in [3.05, 3.63) is 59.6 Å². The van der Waals surface area contributed by atoms with Crippen LogP contribution in [-0.2, 0) is 14.3 Å². The Kier molecular flexibility index (Phi) is 4.61. The van der Waals surface area contributed by atoms with Gasteiger partial charge in [0.25, 0.3) is 0 Å². The van der Waals surface area contributed by atoms with Crippen LogP contribution in [0.25, 0.3) is 0 Å². The van der Waals surface area contributed by atoms with E-state index < -0.39 is 0 Å². The van der Waals surface area contributed by atoms with Gasteiger partial charge in [-0.1, -0.05) is 18.2 Å². The fourth-order valence-electron chi connectivity index (χ4n) is 1.94. The molecule has 106 valence electrons. The van der Waals surface area contributed by atoms with E-state index in [1.165, 1.54) is 5.57 Å². The molecule has 0 radical (unpaired) electrons. The minimum Gasteiger partial charge on any atom is -0.462 e. The smallest absolute Gasteiger partial charge is 0.333 e. The first-order valence-electron chi connectivity index (χ1n) is 6.83. The van der Waals surface area contributed by atoms with Crippen molar-refractivity contribution in [2.45, 2.75) is 39.2 Å². The molecule has 3 nitrogen and oxygen atoms in total. The van der Waals surface area contributed by atoms with Crippen molar-refractivity contribution in [2.75, 3.05) is 0 Å². The third kappa shape index (κ3) is 3.98. The monoisotopic (exact) mass is 272 g/mol. The van der Waals surface area contributed by atoms with Gasteiger partial charge in [0, 0.05) is 18.4 Å². The molecule has 0 aliphatic heterocycles. The lowest BCUT2D eigenvalue weighted by molar-refractivity contribution is -0.142. The van der Waals surface area contributed by atoms with Gasteiger partial charge in [0.05, 0.1) is 0 Å². The zero-order valence-electron chi connectivity index (χ0n) is 12.0. The minimum absolute atomic E-state index is 0.228. The van der Waals surface area contributed by atoms with Crippen LogP contribution in [0.5, 0.6) is 0 Å². The van der Waals surface area contributed by atoms with Crippen molar-refractivity contribution in [3.8, 4) is 0 Å². The number of allylic oxidation sites excluding steroid dienone is 5. The normalized spacial score (nSPS) is 21.5. The second kappa shape index (κ2) is 6.42. The SMILES string of the molecule is C=C(C)C(=O)OC1C=CC(OC2=CC=C(C)CC2)=CC1. The summed E-state index contributed by atoms with van der Waals surface area (Å²) in [4.78, 5) is 11.4. The maximum absolute atomic E-state index is 11.4. The molecule has 0 saturated carbocycles. The van der Waals surface area contributed by atoms with Gasteiger partial charge in [0.2, 0.25) is 0 Å². The molecular weight excluding hydrogens is 252 g/mol. The zero-order chi connectivity index (χ0) is 14.5. The van der Waals surface area contributed by atoms with Crippen molar-refractivity contribution in [1.29, 1.82) is 0 Å².